The zero-order valence-electron chi connectivity index (χ0n) is 13.1. The second-order valence-corrected chi connectivity index (χ2v) is 6.99. The number of carbonyl (C=O) groups is 2. The second-order valence-electron chi connectivity index (χ2n) is 5.26. The Balaban J connectivity index is 1.90. The summed E-state index contributed by atoms with van der Waals surface area (Å²) in [6.45, 7) is 1.96. The maximum absolute atomic E-state index is 13.4. The monoisotopic (exact) mass is 446 g/mol. The van der Waals surface area contributed by atoms with Gasteiger partial charge in [0.05, 0.1) is 15.6 Å². The molecule has 132 valence electrons. The number of halogens is 4. The molecule has 0 saturated heterocycles. The molecule has 4 nitrogen and oxygen atoms in total. The third kappa shape index (κ3) is 5.42. The van der Waals surface area contributed by atoms with Crippen molar-refractivity contribution in [2.45, 2.75) is 13.3 Å². The van der Waals surface area contributed by atoms with Gasteiger partial charge in [-0.15, -0.1) is 0 Å². The third-order valence-electron chi connectivity index (χ3n) is 3.37. The predicted molar refractivity (Wildman–Crippen MR) is 101 cm³/mol. The lowest BCUT2D eigenvalue weighted by Gasteiger charge is -2.10. The summed E-state index contributed by atoms with van der Waals surface area (Å²) in [6, 6.07) is 7.67. The van der Waals surface area contributed by atoms with E-state index in [1.54, 1.807) is 6.07 Å². The molecule has 0 spiro atoms. The average Bonchev–Trinajstić information content (AvgIpc) is 2.54. The van der Waals surface area contributed by atoms with E-state index in [1.165, 1.54) is 0 Å². The molecule has 0 aromatic heterocycles. The molecule has 2 aromatic carbocycles. The molecule has 25 heavy (non-hydrogen) atoms. The lowest BCUT2D eigenvalue weighted by Crippen LogP contribution is -2.28. The minimum absolute atomic E-state index is 0.0354. The van der Waals surface area contributed by atoms with Gasteiger partial charge in [-0.3, -0.25) is 9.59 Å². The Labute approximate surface area is 162 Å². The first-order chi connectivity index (χ1) is 11.8. The highest BCUT2D eigenvalue weighted by Gasteiger charge is 2.14. The zero-order chi connectivity index (χ0) is 18.6. The number of rotatable bonds is 5. The van der Waals surface area contributed by atoms with Gasteiger partial charge < -0.3 is 10.6 Å². The Bertz CT molecular complexity index is 831. The smallest absolute Gasteiger partial charge is 0.252 e. The van der Waals surface area contributed by atoms with E-state index in [2.05, 4.69) is 26.6 Å². The maximum Gasteiger partial charge on any atom is 0.252 e. The van der Waals surface area contributed by atoms with Crippen LogP contribution >= 0.6 is 39.1 Å². The minimum atomic E-state index is -0.737. The van der Waals surface area contributed by atoms with Crippen LogP contribution in [0.3, 0.4) is 0 Å². The first kappa shape index (κ1) is 19.7. The Morgan fingerprint density at radius 3 is 2.60 bits per heavy atom. The van der Waals surface area contributed by atoms with E-state index in [0.29, 0.717) is 5.69 Å². The molecule has 0 atom stereocenters. The molecule has 2 rings (SSSR count). The van der Waals surface area contributed by atoms with E-state index in [0.717, 1.165) is 22.2 Å². The molecule has 2 aromatic rings. The third-order valence-corrected chi connectivity index (χ3v) is 4.46. The number of carbonyl (C=O) groups excluding carboxylic acids is 2. The topological polar surface area (TPSA) is 58.2 Å². The van der Waals surface area contributed by atoms with Crippen molar-refractivity contribution in [1.29, 1.82) is 0 Å². The fourth-order valence-electron chi connectivity index (χ4n) is 2.02. The molecule has 2 N–H and O–H groups in total. The first-order valence-corrected chi connectivity index (χ1v) is 8.81. The highest BCUT2D eigenvalue weighted by molar-refractivity contribution is 9.10. The fourth-order valence-corrected chi connectivity index (χ4v) is 2.85. The molecule has 0 unspecified atom stereocenters. The summed E-state index contributed by atoms with van der Waals surface area (Å²) >= 11 is 14.8. The van der Waals surface area contributed by atoms with Gasteiger partial charge in [0.2, 0.25) is 5.91 Å². The molecule has 0 aliphatic carbocycles. The normalized spacial score (nSPS) is 10.4. The fraction of sp³-hybridized carbons (Fsp3) is 0.176. The van der Waals surface area contributed by atoms with Crippen molar-refractivity contribution in [2.24, 2.45) is 0 Å². The van der Waals surface area contributed by atoms with Crippen LogP contribution in [-0.2, 0) is 4.79 Å². The molecular formula is C17H14BrCl2FN2O2. The summed E-state index contributed by atoms with van der Waals surface area (Å²) in [4.78, 5) is 24.0. The quantitative estimate of drug-likeness (QED) is 0.636. The van der Waals surface area contributed by atoms with Crippen molar-refractivity contribution < 1.29 is 14.0 Å². The summed E-state index contributed by atoms with van der Waals surface area (Å²) in [5.41, 5.74) is 1.57. The predicted octanol–water partition coefficient (Wildman–Crippen LogP) is 4.96. The average molecular weight is 448 g/mol. The zero-order valence-corrected chi connectivity index (χ0v) is 16.2. The summed E-state index contributed by atoms with van der Waals surface area (Å²) in [7, 11) is 0. The van der Waals surface area contributed by atoms with Crippen LogP contribution in [0.15, 0.2) is 34.8 Å². The van der Waals surface area contributed by atoms with E-state index >= 15 is 0 Å². The lowest BCUT2D eigenvalue weighted by molar-refractivity contribution is -0.116. The lowest BCUT2D eigenvalue weighted by atomic mass is 10.2. The molecule has 2 amide bonds. The van der Waals surface area contributed by atoms with Gasteiger partial charge in [-0.25, -0.2) is 4.39 Å². The Morgan fingerprint density at radius 2 is 1.88 bits per heavy atom. The van der Waals surface area contributed by atoms with Gasteiger partial charge in [-0.1, -0.05) is 45.2 Å². The number of amides is 2. The van der Waals surface area contributed by atoms with E-state index in [1.807, 2.05) is 19.1 Å². The first-order valence-electron chi connectivity index (χ1n) is 7.26. The molecular weight excluding hydrogens is 434 g/mol. The van der Waals surface area contributed by atoms with Gasteiger partial charge in [0.1, 0.15) is 5.82 Å². The molecule has 0 saturated carbocycles. The molecule has 0 aliphatic rings. The van der Waals surface area contributed by atoms with E-state index in [9.17, 15) is 14.0 Å². The van der Waals surface area contributed by atoms with Crippen molar-refractivity contribution in [3.05, 3.63) is 61.8 Å². The number of hydrogen-bond donors (Lipinski definition) is 2. The van der Waals surface area contributed by atoms with Crippen molar-refractivity contribution in [1.82, 2.24) is 5.32 Å². The van der Waals surface area contributed by atoms with Crippen LogP contribution in [0.1, 0.15) is 22.3 Å². The van der Waals surface area contributed by atoms with Crippen LogP contribution < -0.4 is 10.6 Å². The Morgan fingerprint density at radius 1 is 1.16 bits per heavy atom. The highest BCUT2D eigenvalue weighted by atomic mass is 79.9. The van der Waals surface area contributed by atoms with Crippen molar-refractivity contribution in [3.8, 4) is 0 Å². The number of nitrogens with one attached hydrogen (secondary N) is 2. The van der Waals surface area contributed by atoms with Gasteiger partial charge in [0.25, 0.3) is 5.91 Å². The minimum Gasteiger partial charge on any atom is -0.351 e. The summed E-state index contributed by atoms with van der Waals surface area (Å²) in [5.74, 6) is -1.57. The van der Waals surface area contributed by atoms with Gasteiger partial charge in [-0.2, -0.15) is 0 Å². The van der Waals surface area contributed by atoms with Crippen LogP contribution in [0.25, 0.3) is 0 Å². The largest absolute Gasteiger partial charge is 0.351 e. The highest BCUT2D eigenvalue weighted by Crippen LogP contribution is 2.24. The molecule has 0 radical (unpaired) electrons. The number of aryl methyl sites for hydroxylation is 1. The number of anilines is 1. The Hall–Kier alpha value is -1.63. The van der Waals surface area contributed by atoms with E-state index in [-0.39, 0.29) is 34.5 Å². The van der Waals surface area contributed by atoms with E-state index in [4.69, 9.17) is 23.2 Å². The molecule has 0 heterocycles. The van der Waals surface area contributed by atoms with E-state index < -0.39 is 11.7 Å². The van der Waals surface area contributed by atoms with Gasteiger partial charge in [0, 0.05) is 23.1 Å². The van der Waals surface area contributed by atoms with Crippen LogP contribution in [0.5, 0.6) is 0 Å². The Kier molecular flexibility index (Phi) is 6.81. The van der Waals surface area contributed by atoms with Gasteiger partial charge >= 0.3 is 0 Å². The molecule has 8 heteroatoms. The number of benzene rings is 2. The summed E-state index contributed by atoms with van der Waals surface area (Å²) in [5, 5.41) is 5.17. The summed E-state index contributed by atoms with van der Waals surface area (Å²) in [6.07, 6.45) is 0.0609. The molecule has 0 aliphatic heterocycles. The second kappa shape index (κ2) is 8.65. The molecule has 0 fully saturated rings. The standard InChI is InChI=1S/C17H14BrCl2FN2O2/c1-9-2-3-10(18)6-15(9)23-16(24)4-5-22-17(25)11-7-14(21)13(20)8-12(11)19/h2-3,6-8H,4-5H2,1H3,(H,22,25)(H,23,24). The van der Waals surface area contributed by atoms with Crippen LogP contribution in [-0.4, -0.2) is 18.4 Å². The van der Waals surface area contributed by atoms with Crippen LogP contribution in [0.4, 0.5) is 10.1 Å². The van der Waals surface area contributed by atoms with Gasteiger partial charge in [0.15, 0.2) is 0 Å². The SMILES string of the molecule is Cc1ccc(Br)cc1NC(=O)CCNC(=O)c1cc(F)c(Cl)cc1Cl. The maximum atomic E-state index is 13.4. The van der Waals surface area contributed by atoms with Crippen molar-refractivity contribution >= 4 is 56.6 Å². The molecule has 0 bridgehead atoms. The van der Waals surface area contributed by atoms with Crippen molar-refractivity contribution in [2.75, 3.05) is 11.9 Å². The van der Waals surface area contributed by atoms with Crippen LogP contribution in [0.2, 0.25) is 10.0 Å². The van der Waals surface area contributed by atoms with Crippen LogP contribution in [0, 0.1) is 12.7 Å². The number of hydrogen-bond acceptors (Lipinski definition) is 2. The summed E-state index contributed by atoms with van der Waals surface area (Å²) < 4.78 is 14.3. The van der Waals surface area contributed by atoms with Crippen molar-refractivity contribution in [3.63, 3.8) is 0 Å². The van der Waals surface area contributed by atoms with Gasteiger partial charge in [-0.05, 0) is 36.8 Å².